The van der Waals surface area contributed by atoms with Crippen LogP contribution in [0, 0.1) is 0 Å². The highest BCUT2D eigenvalue weighted by atomic mass is 32.2. The zero-order valence-corrected chi connectivity index (χ0v) is 18.6. The third kappa shape index (κ3) is 5.06. The number of imide groups is 1. The molecule has 2 aliphatic heterocycles. The van der Waals surface area contributed by atoms with E-state index in [0.29, 0.717) is 23.1 Å². The third-order valence-electron chi connectivity index (χ3n) is 6.16. The molecule has 0 saturated carbocycles. The maximum Gasteiger partial charge on any atom is 0.315 e. The SMILES string of the molecule is N[C@@H](Cc1ccc2ccccc2c1)C(=O)N(N)C(=O)CCCC[C@@H]1SC[C@@H]2NC(=O)N[C@@H]21. The maximum absolute atomic E-state index is 12.6. The summed E-state index contributed by atoms with van der Waals surface area (Å²) in [4.78, 5) is 36.4. The Morgan fingerprint density at radius 3 is 2.72 bits per heavy atom. The molecule has 8 nitrogen and oxygen atoms in total. The van der Waals surface area contributed by atoms with Crippen LogP contribution in [-0.4, -0.2) is 52.0 Å². The van der Waals surface area contributed by atoms with E-state index in [0.717, 1.165) is 34.9 Å². The van der Waals surface area contributed by atoms with Crippen LogP contribution >= 0.6 is 11.8 Å². The van der Waals surface area contributed by atoms with E-state index < -0.39 is 17.9 Å². The molecule has 0 bridgehead atoms. The molecule has 4 rings (SSSR count). The predicted molar refractivity (Wildman–Crippen MR) is 126 cm³/mol. The Hall–Kier alpha value is -2.62. The van der Waals surface area contributed by atoms with Crippen LogP contribution in [0.15, 0.2) is 42.5 Å². The number of carbonyl (C=O) groups is 3. The molecule has 0 radical (unpaired) electrons. The summed E-state index contributed by atoms with van der Waals surface area (Å²) in [7, 11) is 0. The first kappa shape index (κ1) is 22.6. The van der Waals surface area contributed by atoms with Gasteiger partial charge >= 0.3 is 6.03 Å². The van der Waals surface area contributed by atoms with E-state index in [2.05, 4.69) is 10.6 Å². The zero-order chi connectivity index (χ0) is 22.7. The lowest BCUT2D eigenvalue weighted by molar-refractivity contribution is -0.146. The summed E-state index contributed by atoms with van der Waals surface area (Å²) in [5.41, 5.74) is 6.99. The highest BCUT2D eigenvalue weighted by molar-refractivity contribution is 8.00. The van der Waals surface area contributed by atoms with Crippen molar-refractivity contribution in [1.82, 2.24) is 15.6 Å². The van der Waals surface area contributed by atoms with Gasteiger partial charge in [0, 0.05) is 17.4 Å². The summed E-state index contributed by atoms with van der Waals surface area (Å²) in [6.45, 7) is 0. The Morgan fingerprint density at radius 1 is 1.12 bits per heavy atom. The van der Waals surface area contributed by atoms with Crippen LogP contribution < -0.4 is 22.2 Å². The molecule has 2 fully saturated rings. The van der Waals surface area contributed by atoms with Crippen LogP contribution in [0.2, 0.25) is 0 Å². The minimum atomic E-state index is -0.879. The fourth-order valence-electron chi connectivity index (χ4n) is 4.39. The van der Waals surface area contributed by atoms with E-state index in [-0.39, 0.29) is 24.5 Å². The minimum Gasteiger partial charge on any atom is -0.332 e. The van der Waals surface area contributed by atoms with Crippen LogP contribution in [0.4, 0.5) is 4.79 Å². The normalized spacial score (nSPS) is 22.8. The average Bonchev–Trinajstić information content (AvgIpc) is 3.34. The molecule has 0 aliphatic carbocycles. The van der Waals surface area contributed by atoms with Gasteiger partial charge < -0.3 is 16.4 Å². The van der Waals surface area contributed by atoms with Crippen molar-refractivity contribution < 1.29 is 14.4 Å². The second-order valence-electron chi connectivity index (χ2n) is 8.46. The van der Waals surface area contributed by atoms with E-state index >= 15 is 0 Å². The number of hydrogen-bond acceptors (Lipinski definition) is 6. The number of amides is 4. The van der Waals surface area contributed by atoms with Crippen molar-refractivity contribution in [3.05, 3.63) is 48.0 Å². The van der Waals surface area contributed by atoms with E-state index in [4.69, 9.17) is 11.6 Å². The Kier molecular flexibility index (Phi) is 6.98. The lowest BCUT2D eigenvalue weighted by atomic mass is 10.0. The van der Waals surface area contributed by atoms with Crippen LogP contribution in [0.3, 0.4) is 0 Å². The number of fused-ring (bicyclic) bond motifs is 2. The molecule has 2 aromatic carbocycles. The van der Waals surface area contributed by atoms with Crippen molar-refractivity contribution in [1.29, 1.82) is 0 Å². The number of nitrogens with zero attached hydrogens (tertiary/aromatic N) is 1. The van der Waals surface area contributed by atoms with Crippen molar-refractivity contribution in [2.75, 3.05) is 5.75 Å². The molecular formula is C23H29N5O3S. The summed E-state index contributed by atoms with van der Waals surface area (Å²) in [5, 5.41) is 9.10. The van der Waals surface area contributed by atoms with Crippen molar-refractivity contribution in [3.8, 4) is 0 Å². The Morgan fingerprint density at radius 2 is 1.91 bits per heavy atom. The van der Waals surface area contributed by atoms with Crippen LogP contribution in [-0.2, 0) is 16.0 Å². The number of carbonyl (C=O) groups excluding carboxylic acids is 3. The molecule has 4 atom stereocenters. The molecule has 9 heteroatoms. The largest absolute Gasteiger partial charge is 0.332 e. The van der Waals surface area contributed by atoms with Crippen molar-refractivity contribution in [3.63, 3.8) is 0 Å². The summed E-state index contributed by atoms with van der Waals surface area (Å²) in [6, 6.07) is 13.3. The Labute approximate surface area is 191 Å². The van der Waals surface area contributed by atoms with Gasteiger partial charge in [-0.2, -0.15) is 11.8 Å². The molecular weight excluding hydrogens is 426 g/mol. The van der Waals surface area contributed by atoms with Crippen LogP contribution in [0.5, 0.6) is 0 Å². The number of nitrogens with two attached hydrogens (primary N) is 2. The number of nitrogens with one attached hydrogen (secondary N) is 2. The Bertz CT molecular complexity index is 1020. The standard InChI is InChI=1S/C23H29N5O3S/c24-17(12-14-9-10-15-5-1-2-6-16(15)11-14)22(30)28(25)20(29)8-4-3-7-19-21-18(13-32-19)26-23(31)27-21/h1-2,5-6,9-11,17-19,21H,3-4,7-8,12-13,24-25H2,(H2,26,27,31)/t17-,18-,19-,21-/m0/s1. The highest BCUT2D eigenvalue weighted by Crippen LogP contribution is 2.33. The second-order valence-corrected chi connectivity index (χ2v) is 9.73. The number of unbranched alkanes of at least 4 members (excludes halogenated alkanes) is 1. The molecule has 0 unspecified atom stereocenters. The van der Waals surface area contributed by atoms with Gasteiger partial charge in [0.2, 0.25) is 5.91 Å². The quantitative estimate of drug-likeness (QED) is 0.157. The number of thioether (sulfide) groups is 1. The first-order valence-electron chi connectivity index (χ1n) is 11.0. The molecule has 6 N–H and O–H groups in total. The molecule has 0 spiro atoms. The molecule has 32 heavy (non-hydrogen) atoms. The topological polar surface area (TPSA) is 131 Å². The van der Waals surface area contributed by atoms with Crippen molar-refractivity contribution in [2.45, 2.75) is 55.5 Å². The summed E-state index contributed by atoms with van der Waals surface area (Å²) < 4.78 is 0. The number of hydrazine groups is 1. The van der Waals surface area contributed by atoms with Gasteiger partial charge in [-0.15, -0.1) is 0 Å². The second kappa shape index (κ2) is 9.89. The molecule has 2 aromatic rings. The highest BCUT2D eigenvalue weighted by Gasteiger charge is 2.42. The molecule has 4 amide bonds. The van der Waals surface area contributed by atoms with Gasteiger partial charge in [-0.25, -0.2) is 15.6 Å². The predicted octanol–water partition coefficient (Wildman–Crippen LogP) is 1.66. The lowest BCUT2D eigenvalue weighted by Gasteiger charge is -2.20. The fraction of sp³-hybridized carbons (Fsp3) is 0.435. The van der Waals surface area contributed by atoms with Gasteiger partial charge in [-0.1, -0.05) is 48.9 Å². The average molecular weight is 456 g/mol. The molecule has 2 heterocycles. The van der Waals surface area contributed by atoms with Gasteiger partial charge in [-0.05, 0) is 35.6 Å². The number of rotatable bonds is 8. The van der Waals surface area contributed by atoms with Crippen molar-refractivity contribution >= 4 is 40.4 Å². The lowest BCUT2D eigenvalue weighted by Crippen LogP contribution is -2.51. The van der Waals surface area contributed by atoms with E-state index in [9.17, 15) is 14.4 Å². The molecule has 170 valence electrons. The summed E-state index contributed by atoms with van der Waals surface area (Å²) in [5.74, 6) is 5.71. The minimum absolute atomic E-state index is 0.0993. The molecule has 0 aromatic heterocycles. The zero-order valence-electron chi connectivity index (χ0n) is 17.8. The smallest absolute Gasteiger partial charge is 0.315 e. The van der Waals surface area contributed by atoms with Crippen LogP contribution in [0.1, 0.15) is 31.2 Å². The molecule has 2 saturated heterocycles. The van der Waals surface area contributed by atoms with E-state index in [1.54, 1.807) is 0 Å². The van der Waals surface area contributed by atoms with Gasteiger partial charge in [-0.3, -0.25) is 9.59 Å². The summed E-state index contributed by atoms with van der Waals surface area (Å²) in [6.07, 6.45) is 2.87. The third-order valence-corrected chi connectivity index (χ3v) is 7.67. The van der Waals surface area contributed by atoms with Crippen LogP contribution in [0.25, 0.3) is 10.8 Å². The maximum atomic E-state index is 12.6. The summed E-state index contributed by atoms with van der Waals surface area (Å²) >= 11 is 1.84. The number of benzene rings is 2. The number of hydrogen-bond donors (Lipinski definition) is 4. The Balaban J connectivity index is 1.21. The van der Waals surface area contributed by atoms with E-state index in [1.807, 2.05) is 54.2 Å². The van der Waals surface area contributed by atoms with Gasteiger partial charge in [0.1, 0.15) is 0 Å². The van der Waals surface area contributed by atoms with Gasteiger partial charge in [0.15, 0.2) is 0 Å². The van der Waals surface area contributed by atoms with Crippen molar-refractivity contribution in [2.24, 2.45) is 11.6 Å². The fourth-order valence-corrected chi connectivity index (χ4v) is 5.94. The first-order valence-corrected chi connectivity index (χ1v) is 12.0. The van der Waals surface area contributed by atoms with Gasteiger partial charge in [0.25, 0.3) is 5.91 Å². The first-order chi connectivity index (χ1) is 15.4. The van der Waals surface area contributed by atoms with E-state index in [1.165, 1.54) is 0 Å². The monoisotopic (exact) mass is 455 g/mol. The molecule has 2 aliphatic rings. The number of urea groups is 1. The van der Waals surface area contributed by atoms with Gasteiger partial charge in [0.05, 0.1) is 18.1 Å².